The SMILES string of the molecule is CN=C(NCCc1ccc(Cl)nc1)NCc1c(O)ccc2c1CCCC2.I. The first-order chi connectivity index (χ1) is 12.7. The van der Waals surface area contributed by atoms with E-state index >= 15 is 0 Å². The van der Waals surface area contributed by atoms with Gasteiger partial charge in [-0.3, -0.25) is 4.99 Å². The standard InChI is InChI=1S/C20H25ClN4O.HI/c1-22-20(23-11-10-14-6-9-19(21)24-12-14)25-13-17-16-5-3-2-4-15(16)7-8-18(17)26;/h6-9,12,26H,2-5,10-11,13H2,1H3,(H2,22,23,25);1H. The van der Waals surface area contributed by atoms with E-state index in [1.54, 1.807) is 19.3 Å². The smallest absolute Gasteiger partial charge is 0.191 e. The van der Waals surface area contributed by atoms with Crippen molar-refractivity contribution < 1.29 is 5.11 Å². The van der Waals surface area contributed by atoms with E-state index in [0.717, 1.165) is 42.9 Å². The first-order valence-corrected chi connectivity index (χ1v) is 9.42. The Bertz CT molecular complexity index is 780. The number of hydrogen-bond acceptors (Lipinski definition) is 3. The van der Waals surface area contributed by atoms with Crippen LogP contribution in [0.25, 0.3) is 0 Å². The zero-order valence-corrected chi connectivity index (χ0v) is 18.6. The molecule has 1 heterocycles. The van der Waals surface area contributed by atoms with Gasteiger partial charge in [0.25, 0.3) is 0 Å². The molecule has 1 aromatic carbocycles. The molecule has 0 saturated heterocycles. The maximum absolute atomic E-state index is 10.3. The van der Waals surface area contributed by atoms with E-state index < -0.39 is 0 Å². The summed E-state index contributed by atoms with van der Waals surface area (Å²) in [5.41, 5.74) is 4.77. The fourth-order valence-corrected chi connectivity index (χ4v) is 3.47. The molecule has 0 unspecified atom stereocenters. The van der Waals surface area contributed by atoms with Gasteiger partial charge in [-0.15, -0.1) is 24.0 Å². The fourth-order valence-electron chi connectivity index (χ4n) is 3.36. The van der Waals surface area contributed by atoms with Crippen LogP contribution in [0.5, 0.6) is 5.75 Å². The lowest BCUT2D eigenvalue weighted by Crippen LogP contribution is -2.38. The van der Waals surface area contributed by atoms with Crippen molar-refractivity contribution in [2.45, 2.75) is 38.6 Å². The van der Waals surface area contributed by atoms with E-state index in [0.29, 0.717) is 17.4 Å². The van der Waals surface area contributed by atoms with E-state index in [2.05, 4.69) is 26.7 Å². The molecule has 5 nitrogen and oxygen atoms in total. The molecule has 3 rings (SSSR count). The summed E-state index contributed by atoms with van der Waals surface area (Å²) in [5, 5.41) is 17.4. The monoisotopic (exact) mass is 500 g/mol. The highest BCUT2D eigenvalue weighted by Gasteiger charge is 2.16. The molecule has 0 saturated carbocycles. The maximum Gasteiger partial charge on any atom is 0.191 e. The van der Waals surface area contributed by atoms with Gasteiger partial charge in [0.15, 0.2) is 5.96 Å². The Hall–Kier alpha value is -1.54. The maximum atomic E-state index is 10.3. The van der Waals surface area contributed by atoms with Gasteiger partial charge in [0, 0.05) is 31.9 Å². The molecule has 146 valence electrons. The number of aromatic hydroxyl groups is 1. The number of nitrogens with zero attached hydrogens (tertiary/aromatic N) is 2. The summed E-state index contributed by atoms with van der Waals surface area (Å²) in [6.45, 7) is 1.30. The van der Waals surface area contributed by atoms with Crippen molar-refractivity contribution >= 4 is 41.5 Å². The fraction of sp³-hybridized carbons (Fsp3) is 0.400. The van der Waals surface area contributed by atoms with E-state index in [4.69, 9.17) is 11.6 Å². The number of pyridine rings is 1. The molecule has 0 fully saturated rings. The molecular weight excluding hydrogens is 475 g/mol. The Kier molecular flexibility index (Phi) is 8.63. The van der Waals surface area contributed by atoms with Crippen LogP contribution in [0.2, 0.25) is 5.15 Å². The van der Waals surface area contributed by atoms with Gasteiger partial charge in [-0.25, -0.2) is 4.98 Å². The summed E-state index contributed by atoms with van der Waals surface area (Å²) in [6.07, 6.45) is 7.17. The second-order valence-corrected chi connectivity index (χ2v) is 6.89. The number of hydrogen-bond donors (Lipinski definition) is 3. The average Bonchev–Trinajstić information content (AvgIpc) is 2.67. The van der Waals surface area contributed by atoms with E-state index in [1.165, 1.54) is 24.0 Å². The number of nitrogens with one attached hydrogen (secondary N) is 2. The zero-order chi connectivity index (χ0) is 18.4. The van der Waals surface area contributed by atoms with E-state index in [9.17, 15) is 5.11 Å². The molecular formula is C20H26ClIN4O. The summed E-state index contributed by atoms with van der Waals surface area (Å²) >= 11 is 5.80. The van der Waals surface area contributed by atoms with Crippen LogP contribution < -0.4 is 10.6 Å². The second-order valence-electron chi connectivity index (χ2n) is 6.50. The van der Waals surface area contributed by atoms with Crippen LogP contribution in [0.4, 0.5) is 0 Å². The van der Waals surface area contributed by atoms with Crippen molar-refractivity contribution in [1.29, 1.82) is 0 Å². The van der Waals surface area contributed by atoms with Gasteiger partial charge in [0.05, 0.1) is 0 Å². The number of guanidine groups is 1. The van der Waals surface area contributed by atoms with Gasteiger partial charge in [0.1, 0.15) is 10.9 Å². The summed E-state index contributed by atoms with van der Waals surface area (Å²) in [6, 6.07) is 7.64. The zero-order valence-electron chi connectivity index (χ0n) is 15.5. The molecule has 0 bridgehead atoms. The lowest BCUT2D eigenvalue weighted by molar-refractivity contribution is 0.464. The van der Waals surface area contributed by atoms with Crippen LogP contribution in [-0.2, 0) is 25.8 Å². The largest absolute Gasteiger partial charge is 0.508 e. The minimum absolute atomic E-state index is 0. The third-order valence-electron chi connectivity index (χ3n) is 4.78. The number of halogens is 2. The summed E-state index contributed by atoms with van der Waals surface area (Å²) in [7, 11) is 1.75. The molecule has 0 amide bonds. The summed E-state index contributed by atoms with van der Waals surface area (Å²) in [4.78, 5) is 8.35. The highest BCUT2D eigenvalue weighted by atomic mass is 127. The lowest BCUT2D eigenvalue weighted by atomic mass is 9.88. The first kappa shape index (κ1) is 21.8. The average molecular weight is 501 g/mol. The van der Waals surface area contributed by atoms with E-state index in [1.807, 2.05) is 12.1 Å². The molecule has 1 aliphatic carbocycles. The topological polar surface area (TPSA) is 69.5 Å². The van der Waals surface area contributed by atoms with Crippen LogP contribution in [0.15, 0.2) is 35.5 Å². The van der Waals surface area contributed by atoms with Crippen molar-refractivity contribution in [1.82, 2.24) is 15.6 Å². The van der Waals surface area contributed by atoms with Crippen molar-refractivity contribution in [2.75, 3.05) is 13.6 Å². The Balaban J connectivity index is 0.00000261. The molecule has 3 N–H and O–H groups in total. The number of phenolic OH excluding ortho intramolecular Hbond substituents is 1. The van der Waals surface area contributed by atoms with Crippen molar-refractivity contribution in [3.05, 3.63) is 57.9 Å². The third-order valence-corrected chi connectivity index (χ3v) is 5.00. The Morgan fingerprint density at radius 3 is 2.74 bits per heavy atom. The van der Waals surface area contributed by atoms with Gasteiger partial charge in [-0.05, 0) is 60.9 Å². The van der Waals surface area contributed by atoms with Crippen LogP contribution >= 0.6 is 35.6 Å². The van der Waals surface area contributed by atoms with Crippen molar-refractivity contribution in [3.8, 4) is 5.75 Å². The molecule has 0 aliphatic heterocycles. The van der Waals surface area contributed by atoms with Crippen LogP contribution in [0, 0.1) is 0 Å². The lowest BCUT2D eigenvalue weighted by Gasteiger charge is -2.21. The number of aryl methyl sites for hydroxylation is 1. The number of aliphatic imine (C=N–C) groups is 1. The molecule has 27 heavy (non-hydrogen) atoms. The summed E-state index contributed by atoms with van der Waals surface area (Å²) < 4.78 is 0. The van der Waals surface area contributed by atoms with Crippen LogP contribution in [-0.4, -0.2) is 29.6 Å². The highest BCUT2D eigenvalue weighted by molar-refractivity contribution is 14.0. The minimum Gasteiger partial charge on any atom is -0.508 e. The van der Waals surface area contributed by atoms with Gasteiger partial charge >= 0.3 is 0 Å². The van der Waals surface area contributed by atoms with Crippen LogP contribution in [0.3, 0.4) is 0 Å². The molecule has 1 aromatic heterocycles. The second kappa shape index (κ2) is 10.7. The Morgan fingerprint density at radius 1 is 1.19 bits per heavy atom. The Morgan fingerprint density at radius 2 is 2.00 bits per heavy atom. The molecule has 0 spiro atoms. The number of benzene rings is 1. The molecule has 1 aliphatic rings. The van der Waals surface area contributed by atoms with E-state index in [-0.39, 0.29) is 24.0 Å². The molecule has 0 atom stereocenters. The van der Waals surface area contributed by atoms with Crippen molar-refractivity contribution in [3.63, 3.8) is 0 Å². The van der Waals surface area contributed by atoms with Crippen LogP contribution in [0.1, 0.15) is 35.1 Å². The number of rotatable bonds is 5. The predicted octanol–water partition coefficient (Wildman–Crippen LogP) is 3.85. The van der Waals surface area contributed by atoms with Gasteiger partial charge in [-0.1, -0.05) is 23.7 Å². The predicted molar refractivity (Wildman–Crippen MR) is 121 cm³/mol. The Labute approximate surface area is 182 Å². The van der Waals surface area contributed by atoms with Crippen molar-refractivity contribution in [2.24, 2.45) is 4.99 Å². The first-order valence-electron chi connectivity index (χ1n) is 9.05. The van der Waals surface area contributed by atoms with Gasteiger partial charge < -0.3 is 15.7 Å². The summed E-state index contributed by atoms with van der Waals surface area (Å²) in [5.74, 6) is 1.08. The van der Waals surface area contributed by atoms with Gasteiger partial charge in [0.2, 0.25) is 0 Å². The molecule has 0 radical (unpaired) electrons. The molecule has 2 aromatic rings. The van der Waals surface area contributed by atoms with Gasteiger partial charge in [-0.2, -0.15) is 0 Å². The molecule has 7 heteroatoms. The minimum atomic E-state index is 0. The normalized spacial score (nSPS) is 13.5. The number of aromatic nitrogens is 1. The highest BCUT2D eigenvalue weighted by Crippen LogP contribution is 2.30. The third kappa shape index (κ3) is 5.97. The number of fused-ring (bicyclic) bond motifs is 1. The quantitative estimate of drug-likeness (QED) is 0.252. The number of phenols is 1.